The Labute approximate surface area is 98.3 Å². The molecule has 1 aliphatic heterocycles. The van der Waals surface area contributed by atoms with Crippen LogP contribution in [0.3, 0.4) is 0 Å². The van der Waals surface area contributed by atoms with Crippen molar-refractivity contribution in [3.63, 3.8) is 0 Å². The lowest BCUT2D eigenvalue weighted by Crippen LogP contribution is -2.33. The van der Waals surface area contributed by atoms with Crippen molar-refractivity contribution >= 4 is 0 Å². The van der Waals surface area contributed by atoms with E-state index in [9.17, 15) is 0 Å². The number of benzene rings is 1. The summed E-state index contributed by atoms with van der Waals surface area (Å²) in [5.74, 6) is 1.91. The lowest BCUT2D eigenvalue weighted by atomic mass is 9.76. The predicted octanol–water partition coefficient (Wildman–Crippen LogP) is 3.01. The average molecular weight is 215 g/mol. The maximum absolute atomic E-state index is 3.64. The van der Waals surface area contributed by atoms with Crippen LogP contribution in [0.25, 0.3) is 0 Å². The molecule has 3 rings (SSSR count). The Morgan fingerprint density at radius 3 is 2.81 bits per heavy atom. The molecule has 16 heavy (non-hydrogen) atoms. The van der Waals surface area contributed by atoms with Crippen LogP contribution in [0.5, 0.6) is 0 Å². The van der Waals surface area contributed by atoms with Crippen LogP contribution in [0.15, 0.2) is 30.3 Å². The summed E-state index contributed by atoms with van der Waals surface area (Å²) in [5, 5.41) is 3.64. The second-order valence-electron chi connectivity index (χ2n) is 5.48. The SMILES string of the molecule is c1ccc(C[C@@H]2CC[C@H]3NCC[C@H]3C2)cc1. The van der Waals surface area contributed by atoms with Crippen LogP contribution in [0, 0.1) is 11.8 Å². The first-order chi connectivity index (χ1) is 7.92. The van der Waals surface area contributed by atoms with Gasteiger partial charge in [0.1, 0.15) is 0 Å². The fourth-order valence-electron chi connectivity index (χ4n) is 3.54. The fraction of sp³-hybridized carbons (Fsp3) is 0.600. The van der Waals surface area contributed by atoms with Crippen LogP contribution in [0.1, 0.15) is 31.2 Å². The van der Waals surface area contributed by atoms with Gasteiger partial charge in [0.25, 0.3) is 0 Å². The number of hydrogen-bond acceptors (Lipinski definition) is 1. The van der Waals surface area contributed by atoms with Gasteiger partial charge in [-0.15, -0.1) is 0 Å². The maximum atomic E-state index is 3.64. The molecule has 0 unspecified atom stereocenters. The Morgan fingerprint density at radius 2 is 1.94 bits per heavy atom. The summed E-state index contributed by atoms with van der Waals surface area (Å²) >= 11 is 0. The largest absolute Gasteiger partial charge is 0.314 e. The van der Waals surface area contributed by atoms with E-state index < -0.39 is 0 Å². The minimum atomic E-state index is 0.854. The highest BCUT2D eigenvalue weighted by Crippen LogP contribution is 2.35. The minimum absolute atomic E-state index is 0.854. The van der Waals surface area contributed by atoms with Gasteiger partial charge in [0.05, 0.1) is 0 Å². The maximum Gasteiger partial charge on any atom is 0.00960 e. The van der Waals surface area contributed by atoms with Crippen molar-refractivity contribution in [2.24, 2.45) is 11.8 Å². The molecule has 3 atom stereocenters. The summed E-state index contributed by atoms with van der Waals surface area (Å²) in [4.78, 5) is 0. The standard InChI is InChI=1S/C15H21N/c1-2-4-12(5-3-1)10-13-6-7-15-14(11-13)8-9-16-15/h1-5,13-16H,6-11H2/t13-,14-,15+/m0/s1. The Hall–Kier alpha value is -0.820. The average Bonchev–Trinajstić information content (AvgIpc) is 2.77. The van der Waals surface area contributed by atoms with Gasteiger partial charge in [-0.05, 0) is 56.0 Å². The van der Waals surface area contributed by atoms with Crippen LogP contribution < -0.4 is 5.32 Å². The van der Waals surface area contributed by atoms with Crippen LogP contribution in [-0.4, -0.2) is 12.6 Å². The molecule has 2 aliphatic rings. The zero-order chi connectivity index (χ0) is 10.8. The second-order valence-corrected chi connectivity index (χ2v) is 5.48. The van der Waals surface area contributed by atoms with E-state index in [2.05, 4.69) is 35.6 Å². The Kier molecular flexibility index (Phi) is 2.96. The third-order valence-corrected chi connectivity index (χ3v) is 4.38. The van der Waals surface area contributed by atoms with E-state index >= 15 is 0 Å². The molecular formula is C15H21N. The molecule has 1 saturated carbocycles. The summed E-state index contributed by atoms with van der Waals surface area (Å²) in [6, 6.07) is 11.8. The van der Waals surface area contributed by atoms with Crippen molar-refractivity contribution in [2.45, 2.75) is 38.1 Å². The highest BCUT2D eigenvalue weighted by atomic mass is 15.0. The number of fused-ring (bicyclic) bond motifs is 1. The molecule has 1 aromatic rings. The van der Waals surface area contributed by atoms with E-state index in [1.54, 1.807) is 0 Å². The van der Waals surface area contributed by atoms with Gasteiger partial charge in [-0.25, -0.2) is 0 Å². The molecule has 0 spiro atoms. The molecule has 1 aliphatic carbocycles. The van der Waals surface area contributed by atoms with Gasteiger partial charge >= 0.3 is 0 Å². The van der Waals surface area contributed by atoms with Crippen molar-refractivity contribution in [3.8, 4) is 0 Å². The smallest absolute Gasteiger partial charge is 0.00960 e. The molecule has 1 nitrogen and oxygen atoms in total. The van der Waals surface area contributed by atoms with Crippen LogP contribution in [0.2, 0.25) is 0 Å². The molecule has 1 saturated heterocycles. The summed E-state index contributed by atoms with van der Waals surface area (Å²) in [5.41, 5.74) is 1.52. The van der Waals surface area contributed by atoms with E-state index in [0.717, 1.165) is 17.9 Å². The van der Waals surface area contributed by atoms with Gasteiger partial charge < -0.3 is 5.32 Å². The zero-order valence-corrected chi connectivity index (χ0v) is 9.86. The lowest BCUT2D eigenvalue weighted by Gasteiger charge is -2.31. The molecular weight excluding hydrogens is 194 g/mol. The van der Waals surface area contributed by atoms with E-state index in [1.807, 2.05) is 0 Å². The summed E-state index contributed by atoms with van der Waals surface area (Å²) in [6.45, 7) is 1.26. The topological polar surface area (TPSA) is 12.0 Å². The van der Waals surface area contributed by atoms with E-state index in [4.69, 9.17) is 0 Å². The van der Waals surface area contributed by atoms with Gasteiger partial charge in [-0.1, -0.05) is 30.3 Å². The molecule has 1 heteroatoms. The molecule has 0 bridgehead atoms. The molecule has 0 amide bonds. The molecule has 0 radical (unpaired) electrons. The predicted molar refractivity (Wildman–Crippen MR) is 67.4 cm³/mol. The number of hydrogen-bond donors (Lipinski definition) is 1. The van der Waals surface area contributed by atoms with Crippen molar-refractivity contribution in [1.29, 1.82) is 0 Å². The van der Waals surface area contributed by atoms with Gasteiger partial charge in [0.2, 0.25) is 0 Å². The molecule has 0 aromatic heterocycles. The Bertz CT molecular complexity index is 333. The monoisotopic (exact) mass is 215 g/mol. The van der Waals surface area contributed by atoms with Crippen molar-refractivity contribution in [3.05, 3.63) is 35.9 Å². The van der Waals surface area contributed by atoms with Gasteiger partial charge in [0.15, 0.2) is 0 Å². The van der Waals surface area contributed by atoms with Crippen LogP contribution >= 0.6 is 0 Å². The third kappa shape index (κ3) is 2.15. The molecule has 2 fully saturated rings. The van der Waals surface area contributed by atoms with Crippen molar-refractivity contribution in [1.82, 2.24) is 5.32 Å². The van der Waals surface area contributed by atoms with E-state index in [1.165, 1.54) is 44.2 Å². The van der Waals surface area contributed by atoms with Gasteiger partial charge in [-0.2, -0.15) is 0 Å². The highest BCUT2D eigenvalue weighted by molar-refractivity contribution is 5.15. The van der Waals surface area contributed by atoms with Crippen molar-refractivity contribution < 1.29 is 0 Å². The molecule has 86 valence electrons. The number of rotatable bonds is 2. The minimum Gasteiger partial charge on any atom is -0.314 e. The fourth-order valence-corrected chi connectivity index (χ4v) is 3.54. The Morgan fingerprint density at radius 1 is 1.06 bits per heavy atom. The molecule has 1 N–H and O–H groups in total. The number of nitrogens with one attached hydrogen (secondary N) is 1. The van der Waals surface area contributed by atoms with Crippen molar-refractivity contribution in [2.75, 3.05) is 6.54 Å². The lowest BCUT2D eigenvalue weighted by molar-refractivity contribution is 0.244. The summed E-state index contributed by atoms with van der Waals surface area (Å²) in [6.07, 6.45) is 6.98. The summed E-state index contributed by atoms with van der Waals surface area (Å²) in [7, 11) is 0. The zero-order valence-electron chi connectivity index (χ0n) is 9.86. The molecule has 1 heterocycles. The first kappa shape index (κ1) is 10.3. The highest BCUT2D eigenvalue weighted by Gasteiger charge is 2.33. The second kappa shape index (κ2) is 4.58. The van der Waals surface area contributed by atoms with Gasteiger partial charge in [-0.3, -0.25) is 0 Å². The summed E-state index contributed by atoms with van der Waals surface area (Å²) < 4.78 is 0. The van der Waals surface area contributed by atoms with E-state index in [-0.39, 0.29) is 0 Å². The van der Waals surface area contributed by atoms with Crippen LogP contribution in [-0.2, 0) is 6.42 Å². The normalized spacial score (nSPS) is 33.6. The van der Waals surface area contributed by atoms with Gasteiger partial charge in [0, 0.05) is 6.04 Å². The quantitative estimate of drug-likeness (QED) is 0.799. The van der Waals surface area contributed by atoms with E-state index in [0.29, 0.717) is 0 Å². The first-order valence-corrected chi connectivity index (χ1v) is 6.69. The third-order valence-electron chi connectivity index (χ3n) is 4.38. The molecule has 1 aromatic carbocycles. The first-order valence-electron chi connectivity index (χ1n) is 6.69. The Balaban J connectivity index is 1.60. The van der Waals surface area contributed by atoms with Crippen LogP contribution in [0.4, 0.5) is 0 Å².